The van der Waals surface area contributed by atoms with E-state index in [1.807, 2.05) is 6.07 Å². The van der Waals surface area contributed by atoms with E-state index in [4.69, 9.17) is 5.73 Å². The van der Waals surface area contributed by atoms with E-state index >= 15 is 0 Å². The van der Waals surface area contributed by atoms with Crippen molar-refractivity contribution >= 4 is 0 Å². The minimum absolute atomic E-state index is 0.0790. The van der Waals surface area contributed by atoms with Crippen molar-refractivity contribution in [2.75, 3.05) is 0 Å². The summed E-state index contributed by atoms with van der Waals surface area (Å²) < 4.78 is 0. The Morgan fingerprint density at radius 2 is 1.67 bits per heavy atom. The van der Waals surface area contributed by atoms with Crippen LogP contribution in [0.4, 0.5) is 0 Å². The predicted molar refractivity (Wildman–Crippen MR) is 89.5 cm³/mol. The van der Waals surface area contributed by atoms with Gasteiger partial charge in [0.1, 0.15) is 5.75 Å². The summed E-state index contributed by atoms with van der Waals surface area (Å²) in [6.45, 7) is 11.4. The van der Waals surface area contributed by atoms with Crippen LogP contribution in [0.5, 0.6) is 5.75 Å². The molecule has 0 amide bonds. The second-order valence-electron chi connectivity index (χ2n) is 8.72. The molecule has 0 unspecified atom stereocenters. The topological polar surface area (TPSA) is 46.2 Å². The summed E-state index contributed by atoms with van der Waals surface area (Å²) in [6.07, 6.45) is 5.37. The zero-order chi connectivity index (χ0) is 15.9. The number of benzene rings is 1. The first kappa shape index (κ1) is 16.4. The summed E-state index contributed by atoms with van der Waals surface area (Å²) in [7, 11) is 0. The molecular formula is C19H31NO. The minimum Gasteiger partial charge on any atom is -0.508 e. The van der Waals surface area contributed by atoms with Gasteiger partial charge in [0, 0.05) is 11.1 Å². The third-order valence-corrected chi connectivity index (χ3v) is 4.78. The molecule has 0 spiro atoms. The van der Waals surface area contributed by atoms with E-state index < -0.39 is 0 Å². The van der Waals surface area contributed by atoms with Crippen molar-refractivity contribution in [1.82, 2.24) is 0 Å². The van der Waals surface area contributed by atoms with Crippen LogP contribution in [0.1, 0.15) is 77.8 Å². The molecule has 0 radical (unpaired) electrons. The van der Waals surface area contributed by atoms with Gasteiger partial charge in [-0.2, -0.15) is 0 Å². The van der Waals surface area contributed by atoms with Crippen LogP contribution in [-0.2, 0) is 11.0 Å². The van der Waals surface area contributed by atoms with Gasteiger partial charge in [0.25, 0.3) is 0 Å². The molecule has 0 aromatic heterocycles. The molecule has 1 fully saturated rings. The Hall–Kier alpha value is -1.02. The van der Waals surface area contributed by atoms with Crippen LogP contribution in [0.15, 0.2) is 18.2 Å². The number of rotatable bonds is 3. The van der Waals surface area contributed by atoms with Crippen molar-refractivity contribution in [3.05, 3.63) is 29.3 Å². The van der Waals surface area contributed by atoms with Crippen LogP contribution in [0, 0.1) is 5.41 Å². The van der Waals surface area contributed by atoms with Crippen molar-refractivity contribution in [3.63, 3.8) is 0 Å². The molecule has 1 aromatic rings. The quantitative estimate of drug-likeness (QED) is 0.837. The van der Waals surface area contributed by atoms with Gasteiger partial charge < -0.3 is 10.8 Å². The van der Waals surface area contributed by atoms with Gasteiger partial charge >= 0.3 is 0 Å². The Balaban J connectivity index is 2.39. The lowest BCUT2D eigenvalue weighted by atomic mass is 9.71. The van der Waals surface area contributed by atoms with Crippen molar-refractivity contribution in [1.29, 1.82) is 0 Å². The van der Waals surface area contributed by atoms with Crippen molar-refractivity contribution < 1.29 is 5.11 Å². The zero-order valence-electron chi connectivity index (χ0n) is 14.3. The number of hydrogen-bond acceptors (Lipinski definition) is 2. The van der Waals surface area contributed by atoms with Gasteiger partial charge in [0.05, 0.1) is 0 Å². The summed E-state index contributed by atoms with van der Waals surface area (Å²) in [6, 6.07) is 6.05. The molecule has 0 saturated heterocycles. The molecule has 2 nitrogen and oxygen atoms in total. The van der Waals surface area contributed by atoms with Crippen LogP contribution >= 0.6 is 0 Å². The fraction of sp³-hybridized carbons (Fsp3) is 0.684. The molecule has 0 aliphatic heterocycles. The Morgan fingerprint density at radius 1 is 1.10 bits per heavy atom. The number of aromatic hydroxyl groups is 1. The van der Waals surface area contributed by atoms with Crippen LogP contribution in [0.25, 0.3) is 0 Å². The minimum atomic E-state index is -0.335. The van der Waals surface area contributed by atoms with Crippen molar-refractivity contribution in [2.24, 2.45) is 11.1 Å². The maximum atomic E-state index is 10.3. The second-order valence-corrected chi connectivity index (χ2v) is 8.72. The largest absolute Gasteiger partial charge is 0.508 e. The highest BCUT2D eigenvalue weighted by molar-refractivity contribution is 5.43. The van der Waals surface area contributed by atoms with Crippen molar-refractivity contribution in [2.45, 2.75) is 77.7 Å². The molecule has 1 aliphatic carbocycles. The van der Waals surface area contributed by atoms with Gasteiger partial charge in [-0.15, -0.1) is 0 Å². The van der Waals surface area contributed by atoms with E-state index in [-0.39, 0.29) is 16.4 Å². The molecule has 1 aliphatic rings. The van der Waals surface area contributed by atoms with Crippen LogP contribution in [0.2, 0.25) is 0 Å². The maximum Gasteiger partial charge on any atom is 0.120 e. The van der Waals surface area contributed by atoms with E-state index in [1.54, 1.807) is 0 Å². The Kier molecular flexibility index (Phi) is 4.14. The average Bonchev–Trinajstić information content (AvgIpc) is 2.74. The average molecular weight is 289 g/mol. The van der Waals surface area contributed by atoms with Gasteiger partial charge in [-0.25, -0.2) is 0 Å². The third kappa shape index (κ3) is 3.60. The first-order valence-electron chi connectivity index (χ1n) is 8.16. The fourth-order valence-electron chi connectivity index (χ4n) is 4.06. The smallest absolute Gasteiger partial charge is 0.120 e. The highest BCUT2D eigenvalue weighted by atomic mass is 16.3. The monoisotopic (exact) mass is 289 g/mol. The first-order chi connectivity index (χ1) is 9.54. The Morgan fingerprint density at radius 3 is 2.19 bits per heavy atom. The van der Waals surface area contributed by atoms with E-state index in [1.165, 1.54) is 5.56 Å². The normalized spacial score (nSPS) is 19.0. The van der Waals surface area contributed by atoms with Crippen LogP contribution < -0.4 is 5.73 Å². The molecule has 2 heteroatoms. The second kappa shape index (κ2) is 5.31. The van der Waals surface area contributed by atoms with E-state index in [9.17, 15) is 5.11 Å². The van der Waals surface area contributed by atoms with E-state index in [0.29, 0.717) is 5.75 Å². The summed E-state index contributed by atoms with van der Waals surface area (Å²) >= 11 is 0. The Bertz CT molecular complexity index is 505. The van der Waals surface area contributed by atoms with Crippen molar-refractivity contribution in [3.8, 4) is 5.75 Å². The molecule has 3 N–H and O–H groups in total. The van der Waals surface area contributed by atoms with Gasteiger partial charge in [-0.05, 0) is 47.8 Å². The SMILES string of the molecule is CC(C)(C)CC(C)(C)c1ccc(O)c(C2(N)CCCC2)c1. The first-order valence-corrected chi connectivity index (χ1v) is 8.16. The lowest BCUT2D eigenvalue weighted by Crippen LogP contribution is -2.34. The van der Waals surface area contributed by atoms with Gasteiger partial charge in [0.15, 0.2) is 0 Å². The fourth-order valence-corrected chi connectivity index (χ4v) is 4.06. The molecule has 0 heterocycles. The standard InChI is InChI=1S/C19H31NO/c1-17(2,3)13-18(4,5)14-8-9-16(21)15(12-14)19(20)10-6-7-11-19/h8-9,12,21H,6-7,10-11,13,20H2,1-5H3. The molecule has 118 valence electrons. The lowest BCUT2D eigenvalue weighted by molar-refractivity contribution is 0.283. The summed E-state index contributed by atoms with van der Waals surface area (Å²) in [5.41, 5.74) is 8.80. The zero-order valence-corrected chi connectivity index (χ0v) is 14.3. The molecule has 1 aromatic carbocycles. The van der Waals surface area contributed by atoms with E-state index in [0.717, 1.165) is 37.7 Å². The highest BCUT2D eigenvalue weighted by Crippen LogP contribution is 2.43. The highest BCUT2D eigenvalue weighted by Gasteiger charge is 2.35. The number of nitrogens with two attached hydrogens (primary N) is 1. The maximum absolute atomic E-state index is 10.3. The third-order valence-electron chi connectivity index (χ3n) is 4.78. The van der Waals surface area contributed by atoms with E-state index in [2.05, 4.69) is 46.8 Å². The predicted octanol–water partition coefficient (Wildman–Crippen LogP) is 4.83. The molecule has 2 rings (SSSR count). The molecule has 0 bridgehead atoms. The van der Waals surface area contributed by atoms with Gasteiger partial charge in [0.2, 0.25) is 0 Å². The number of hydrogen-bond donors (Lipinski definition) is 2. The van der Waals surface area contributed by atoms with Crippen LogP contribution in [-0.4, -0.2) is 5.11 Å². The number of phenolic OH excluding ortho intramolecular Hbond substituents is 1. The summed E-state index contributed by atoms with van der Waals surface area (Å²) in [5, 5.41) is 10.3. The van der Waals surface area contributed by atoms with Gasteiger partial charge in [-0.3, -0.25) is 0 Å². The summed E-state index contributed by atoms with van der Waals surface area (Å²) in [5.74, 6) is 0.356. The molecule has 0 atom stereocenters. The summed E-state index contributed by atoms with van der Waals surface area (Å²) in [4.78, 5) is 0. The molecule has 21 heavy (non-hydrogen) atoms. The molecular weight excluding hydrogens is 258 g/mol. The molecule has 1 saturated carbocycles. The van der Waals surface area contributed by atoms with Crippen LogP contribution in [0.3, 0.4) is 0 Å². The lowest BCUT2D eigenvalue weighted by Gasteiger charge is -2.34. The Labute approximate surface area is 129 Å². The van der Waals surface area contributed by atoms with Gasteiger partial charge in [-0.1, -0.05) is 53.5 Å². The number of phenols is 1.